The van der Waals surface area contributed by atoms with E-state index in [0.29, 0.717) is 51.0 Å². The number of hydrogen-bond acceptors (Lipinski definition) is 8. The molecule has 0 spiro atoms. The monoisotopic (exact) mass is 501 g/mol. The highest BCUT2D eigenvalue weighted by molar-refractivity contribution is 7.89. The Kier molecular flexibility index (Phi) is 6.67. The van der Waals surface area contributed by atoms with Crippen LogP contribution < -0.4 is 15.1 Å². The molecule has 188 valence electrons. The van der Waals surface area contributed by atoms with Gasteiger partial charge in [-0.15, -0.1) is 0 Å². The van der Waals surface area contributed by atoms with E-state index in [4.69, 9.17) is 14.5 Å². The molecule has 10 nitrogen and oxygen atoms in total. The van der Waals surface area contributed by atoms with Crippen LogP contribution in [0, 0.1) is 0 Å². The molecule has 1 N–H and O–H groups in total. The first-order valence-corrected chi connectivity index (χ1v) is 13.4. The highest BCUT2D eigenvalue weighted by Crippen LogP contribution is 2.38. The van der Waals surface area contributed by atoms with E-state index in [1.54, 1.807) is 30.1 Å². The van der Waals surface area contributed by atoms with Crippen molar-refractivity contribution in [2.45, 2.75) is 36.7 Å². The molecular formula is C24H31N5O5S. The molecule has 0 radical (unpaired) electrons. The number of amides is 1. The lowest BCUT2D eigenvalue weighted by Crippen LogP contribution is -2.56. The van der Waals surface area contributed by atoms with Crippen LogP contribution >= 0.6 is 0 Å². The Bertz CT molecular complexity index is 1190. The molecule has 11 heteroatoms. The standard InChI is InChI=1S/C24H31N5O5S/c1-17-24(30)27(2)21-6-7-22(26-23(21)29(17)19-8-12-33-13-9-19)25-18-4-3-5-20(16-18)35(31,32)28-10-14-34-15-11-28/h3-7,16-17,19H,8-15H2,1-2H3,(H,25,26)/t17-/m1/s1. The number of ether oxygens (including phenoxy) is 2. The van der Waals surface area contributed by atoms with Crippen molar-refractivity contribution in [1.29, 1.82) is 0 Å². The summed E-state index contributed by atoms with van der Waals surface area (Å²) in [6.07, 6.45) is 1.67. The van der Waals surface area contributed by atoms with Crippen molar-refractivity contribution in [2.24, 2.45) is 0 Å². The van der Waals surface area contributed by atoms with Crippen LogP contribution in [0.2, 0.25) is 0 Å². The number of fused-ring (bicyclic) bond motifs is 1. The lowest BCUT2D eigenvalue weighted by atomic mass is 10.0. The highest BCUT2D eigenvalue weighted by Gasteiger charge is 2.39. The van der Waals surface area contributed by atoms with Crippen LogP contribution in [-0.2, 0) is 24.3 Å². The van der Waals surface area contributed by atoms with Crippen molar-refractivity contribution in [1.82, 2.24) is 9.29 Å². The van der Waals surface area contributed by atoms with Gasteiger partial charge in [-0.05, 0) is 50.1 Å². The molecular weight excluding hydrogens is 470 g/mol. The second-order valence-electron chi connectivity index (χ2n) is 9.03. The van der Waals surface area contributed by atoms with Crippen LogP contribution in [0.25, 0.3) is 0 Å². The summed E-state index contributed by atoms with van der Waals surface area (Å²) in [6, 6.07) is 10.3. The number of morpholine rings is 1. The Balaban J connectivity index is 1.44. The molecule has 2 fully saturated rings. The van der Waals surface area contributed by atoms with E-state index in [0.717, 1.165) is 24.3 Å². The van der Waals surface area contributed by atoms with Gasteiger partial charge in [0.2, 0.25) is 15.9 Å². The number of carbonyl (C=O) groups is 1. The number of aromatic nitrogens is 1. The number of likely N-dealkylation sites (N-methyl/N-ethyl adjacent to an activating group) is 1. The predicted molar refractivity (Wildman–Crippen MR) is 133 cm³/mol. The smallest absolute Gasteiger partial charge is 0.249 e. The fraction of sp³-hybridized carbons (Fsp3) is 0.500. The summed E-state index contributed by atoms with van der Waals surface area (Å²) in [5.41, 5.74) is 1.38. The zero-order valence-electron chi connectivity index (χ0n) is 20.0. The van der Waals surface area contributed by atoms with Gasteiger partial charge in [0.1, 0.15) is 11.9 Å². The van der Waals surface area contributed by atoms with Crippen molar-refractivity contribution in [3.05, 3.63) is 36.4 Å². The minimum atomic E-state index is -3.61. The first-order chi connectivity index (χ1) is 16.9. The fourth-order valence-corrected chi connectivity index (χ4v) is 6.39. The van der Waals surface area contributed by atoms with Gasteiger partial charge in [-0.1, -0.05) is 6.07 Å². The molecule has 1 aromatic carbocycles. The van der Waals surface area contributed by atoms with E-state index in [1.807, 2.05) is 25.1 Å². The minimum Gasteiger partial charge on any atom is -0.381 e. The lowest BCUT2D eigenvalue weighted by molar-refractivity contribution is -0.119. The normalized spacial score (nSPS) is 22.2. The summed E-state index contributed by atoms with van der Waals surface area (Å²) in [5, 5.41) is 3.26. The maximum absolute atomic E-state index is 13.1. The van der Waals surface area contributed by atoms with E-state index in [-0.39, 0.29) is 22.9 Å². The molecule has 0 saturated carbocycles. The average Bonchev–Trinajstić information content (AvgIpc) is 2.89. The fourth-order valence-electron chi connectivity index (χ4n) is 4.93. The van der Waals surface area contributed by atoms with E-state index >= 15 is 0 Å². The Morgan fingerprint density at radius 2 is 1.74 bits per heavy atom. The highest BCUT2D eigenvalue weighted by atomic mass is 32.2. The van der Waals surface area contributed by atoms with E-state index in [9.17, 15) is 13.2 Å². The average molecular weight is 502 g/mol. The second-order valence-corrected chi connectivity index (χ2v) is 11.0. The number of pyridine rings is 1. The Labute approximate surface area is 205 Å². The molecule has 35 heavy (non-hydrogen) atoms. The number of anilines is 4. The zero-order chi connectivity index (χ0) is 24.6. The van der Waals surface area contributed by atoms with Gasteiger partial charge < -0.3 is 24.6 Å². The number of hydrogen-bond donors (Lipinski definition) is 1. The van der Waals surface area contributed by atoms with Crippen molar-refractivity contribution < 1.29 is 22.7 Å². The van der Waals surface area contributed by atoms with Crippen LogP contribution in [0.1, 0.15) is 19.8 Å². The first-order valence-electron chi connectivity index (χ1n) is 12.0. The summed E-state index contributed by atoms with van der Waals surface area (Å²) in [7, 11) is -1.83. The molecule has 5 rings (SSSR count). The van der Waals surface area contributed by atoms with Gasteiger partial charge in [-0.3, -0.25) is 4.79 Å². The maximum atomic E-state index is 13.1. The molecule has 0 bridgehead atoms. The molecule has 4 heterocycles. The van der Waals surface area contributed by atoms with E-state index in [1.165, 1.54) is 4.31 Å². The number of rotatable bonds is 5. The lowest BCUT2D eigenvalue weighted by Gasteiger charge is -2.44. The van der Waals surface area contributed by atoms with Crippen molar-refractivity contribution in [3.8, 4) is 0 Å². The number of nitrogens with one attached hydrogen (secondary N) is 1. The largest absolute Gasteiger partial charge is 0.381 e. The Morgan fingerprint density at radius 1 is 1.03 bits per heavy atom. The number of sulfonamides is 1. The molecule has 2 saturated heterocycles. The minimum absolute atomic E-state index is 0.0347. The number of carbonyl (C=O) groups excluding carboxylic acids is 1. The third kappa shape index (κ3) is 4.61. The van der Waals surface area contributed by atoms with Gasteiger partial charge in [-0.25, -0.2) is 13.4 Å². The molecule has 3 aliphatic heterocycles. The van der Waals surface area contributed by atoms with Crippen LogP contribution in [-0.4, -0.2) is 82.3 Å². The Hall–Kier alpha value is -2.73. The number of nitrogens with zero attached hydrogens (tertiary/aromatic N) is 4. The second kappa shape index (κ2) is 9.73. The predicted octanol–water partition coefficient (Wildman–Crippen LogP) is 2.20. The molecule has 2 aromatic rings. The molecule has 1 atom stereocenters. The topological polar surface area (TPSA) is 104 Å². The molecule has 0 unspecified atom stereocenters. The first kappa shape index (κ1) is 24.0. The molecule has 3 aliphatic rings. The van der Waals surface area contributed by atoms with Crippen LogP contribution in [0.4, 0.5) is 23.0 Å². The summed E-state index contributed by atoms with van der Waals surface area (Å²) in [4.78, 5) is 21.8. The van der Waals surface area contributed by atoms with Gasteiger partial charge >= 0.3 is 0 Å². The van der Waals surface area contributed by atoms with Crippen LogP contribution in [0.5, 0.6) is 0 Å². The third-order valence-electron chi connectivity index (χ3n) is 6.86. The summed E-state index contributed by atoms with van der Waals surface area (Å²) < 4.78 is 38.4. The quantitative estimate of drug-likeness (QED) is 0.665. The van der Waals surface area contributed by atoms with Crippen LogP contribution in [0.15, 0.2) is 41.3 Å². The summed E-state index contributed by atoms with van der Waals surface area (Å²) in [6.45, 7) is 4.73. The summed E-state index contributed by atoms with van der Waals surface area (Å²) in [5.74, 6) is 1.36. The molecule has 1 amide bonds. The zero-order valence-corrected chi connectivity index (χ0v) is 20.8. The maximum Gasteiger partial charge on any atom is 0.249 e. The van der Waals surface area contributed by atoms with Gasteiger partial charge in [0.25, 0.3) is 0 Å². The van der Waals surface area contributed by atoms with Crippen molar-refractivity contribution in [2.75, 3.05) is 61.7 Å². The molecule has 1 aromatic heterocycles. The molecule has 0 aliphatic carbocycles. The van der Waals surface area contributed by atoms with E-state index < -0.39 is 10.0 Å². The van der Waals surface area contributed by atoms with E-state index in [2.05, 4.69) is 10.2 Å². The van der Waals surface area contributed by atoms with Gasteiger partial charge in [0.15, 0.2) is 5.82 Å². The summed E-state index contributed by atoms with van der Waals surface area (Å²) >= 11 is 0. The van der Waals surface area contributed by atoms with Gasteiger partial charge in [0, 0.05) is 45.1 Å². The van der Waals surface area contributed by atoms with Crippen molar-refractivity contribution in [3.63, 3.8) is 0 Å². The Morgan fingerprint density at radius 3 is 2.49 bits per heavy atom. The van der Waals surface area contributed by atoms with Gasteiger partial charge in [-0.2, -0.15) is 4.31 Å². The van der Waals surface area contributed by atoms with Crippen molar-refractivity contribution >= 4 is 38.9 Å². The number of benzene rings is 1. The SMILES string of the molecule is C[C@@H]1C(=O)N(C)c2ccc(Nc3cccc(S(=O)(=O)N4CCOCC4)c3)nc2N1C1CCOCC1. The van der Waals surface area contributed by atoms with Gasteiger partial charge in [0.05, 0.1) is 23.8 Å². The van der Waals surface area contributed by atoms with Crippen LogP contribution in [0.3, 0.4) is 0 Å². The third-order valence-corrected chi connectivity index (χ3v) is 8.76.